The van der Waals surface area contributed by atoms with Gasteiger partial charge in [0.1, 0.15) is 5.54 Å². The molecule has 1 saturated carbocycles. The van der Waals surface area contributed by atoms with E-state index in [4.69, 9.17) is 0 Å². The number of carboxylic acids is 1. The van der Waals surface area contributed by atoms with Gasteiger partial charge in [0, 0.05) is 18.0 Å². The molecule has 1 aromatic carbocycles. The van der Waals surface area contributed by atoms with Crippen LogP contribution in [0.15, 0.2) is 36.7 Å². The molecule has 1 fully saturated rings. The Hall–Kier alpha value is -2.63. The van der Waals surface area contributed by atoms with E-state index in [1.165, 1.54) is 0 Å². The average Bonchev–Trinajstić information content (AvgIpc) is 2.95. The highest BCUT2D eigenvalue weighted by atomic mass is 16.4. The molecule has 1 amide bonds. The Morgan fingerprint density at radius 1 is 1.36 bits per heavy atom. The van der Waals surface area contributed by atoms with E-state index in [2.05, 4.69) is 10.4 Å². The lowest BCUT2D eigenvalue weighted by Crippen LogP contribution is -2.59. The Labute approximate surface area is 127 Å². The van der Waals surface area contributed by atoms with Crippen LogP contribution in [0, 0.1) is 6.92 Å². The number of carboxylic acid groups (broad SMARTS) is 1. The van der Waals surface area contributed by atoms with Gasteiger partial charge in [-0.2, -0.15) is 5.10 Å². The van der Waals surface area contributed by atoms with Gasteiger partial charge in [0.25, 0.3) is 5.91 Å². The lowest BCUT2D eigenvalue weighted by Gasteiger charge is -2.38. The van der Waals surface area contributed by atoms with E-state index in [9.17, 15) is 14.7 Å². The van der Waals surface area contributed by atoms with E-state index >= 15 is 0 Å². The van der Waals surface area contributed by atoms with Gasteiger partial charge in [-0.1, -0.05) is 0 Å². The van der Waals surface area contributed by atoms with Crippen LogP contribution >= 0.6 is 0 Å². The van der Waals surface area contributed by atoms with Gasteiger partial charge in [-0.25, -0.2) is 9.48 Å². The van der Waals surface area contributed by atoms with Crippen molar-refractivity contribution >= 4 is 11.9 Å². The Bertz CT molecular complexity index is 718. The first-order valence-corrected chi connectivity index (χ1v) is 7.18. The maximum atomic E-state index is 12.3. The molecule has 1 aromatic heterocycles. The number of carbonyl (C=O) groups excluding carboxylic acids is 1. The summed E-state index contributed by atoms with van der Waals surface area (Å²) in [6.07, 6.45) is 5.31. The second-order valence-corrected chi connectivity index (χ2v) is 5.65. The quantitative estimate of drug-likeness (QED) is 0.903. The second-order valence-electron chi connectivity index (χ2n) is 5.65. The molecule has 6 heteroatoms. The first kappa shape index (κ1) is 14.3. The van der Waals surface area contributed by atoms with Gasteiger partial charge in [0.15, 0.2) is 0 Å². The number of nitrogens with one attached hydrogen (secondary N) is 1. The first-order chi connectivity index (χ1) is 10.5. The van der Waals surface area contributed by atoms with Crippen LogP contribution in [0.4, 0.5) is 0 Å². The molecule has 1 heterocycles. The van der Waals surface area contributed by atoms with Gasteiger partial charge in [-0.15, -0.1) is 0 Å². The SMILES string of the molecule is Cc1cc(C(=O)NC2(C(=O)O)CCC2)ccc1-n1cccn1. The highest BCUT2D eigenvalue weighted by molar-refractivity contribution is 5.98. The van der Waals surface area contributed by atoms with E-state index in [0.29, 0.717) is 18.4 Å². The maximum absolute atomic E-state index is 12.3. The van der Waals surface area contributed by atoms with E-state index in [1.807, 2.05) is 25.3 Å². The molecule has 0 saturated heterocycles. The second kappa shape index (κ2) is 5.29. The highest BCUT2D eigenvalue weighted by Crippen LogP contribution is 2.32. The molecule has 6 nitrogen and oxygen atoms in total. The molecule has 0 spiro atoms. The fraction of sp³-hybridized carbons (Fsp3) is 0.312. The van der Waals surface area contributed by atoms with E-state index in [0.717, 1.165) is 17.7 Å². The minimum Gasteiger partial charge on any atom is -0.480 e. The zero-order valence-electron chi connectivity index (χ0n) is 12.2. The maximum Gasteiger partial charge on any atom is 0.329 e. The third kappa shape index (κ3) is 2.36. The zero-order valence-corrected chi connectivity index (χ0v) is 12.2. The third-order valence-electron chi connectivity index (χ3n) is 4.18. The normalized spacial score (nSPS) is 15.9. The molecular formula is C16H17N3O3. The minimum atomic E-state index is -1.09. The molecule has 3 rings (SSSR count). The van der Waals surface area contributed by atoms with Gasteiger partial charge in [-0.3, -0.25) is 4.79 Å². The van der Waals surface area contributed by atoms with Gasteiger partial charge in [0.2, 0.25) is 0 Å². The molecule has 2 N–H and O–H groups in total. The number of hydrogen-bond donors (Lipinski definition) is 2. The van der Waals surface area contributed by atoms with Gasteiger partial charge >= 0.3 is 5.97 Å². The summed E-state index contributed by atoms with van der Waals surface area (Å²) < 4.78 is 1.72. The number of carbonyl (C=O) groups is 2. The van der Waals surface area contributed by atoms with Crippen molar-refractivity contribution in [2.75, 3.05) is 0 Å². The third-order valence-corrected chi connectivity index (χ3v) is 4.18. The van der Waals surface area contributed by atoms with E-state index in [1.54, 1.807) is 23.0 Å². The number of aromatic nitrogens is 2. The average molecular weight is 299 g/mol. The van der Waals surface area contributed by atoms with E-state index in [-0.39, 0.29) is 5.91 Å². The minimum absolute atomic E-state index is 0.350. The Balaban J connectivity index is 1.82. The Morgan fingerprint density at radius 3 is 2.64 bits per heavy atom. The predicted octanol–water partition coefficient (Wildman–Crippen LogP) is 1.92. The summed E-state index contributed by atoms with van der Waals surface area (Å²) >= 11 is 0. The van der Waals surface area contributed by atoms with Gasteiger partial charge in [-0.05, 0) is 56.0 Å². The fourth-order valence-corrected chi connectivity index (χ4v) is 2.68. The topological polar surface area (TPSA) is 84.2 Å². The molecule has 1 aliphatic rings. The lowest BCUT2D eigenvalue weighted by molar-refractivity contribution is -0.148. The van der Waals surface area contributed by atoms with Crippen molar-refractivity contribution in [3.63, 3.8) is 0 Å². The number of hydrogen-bond acceptors (Lipinski definition) is 3. The molecule has 0 bridgehead atoms. The van der Waals surface area contributed by atoms with Crippen molar-refractivity contribution in [3.05, 3.63) is 47.8 Å². The summed E-state index contributed by atoms with van der Waals surface area (Å²) in [5, 5.41) is 16.1. The number of aliphatic carboxylic acids is 1. The monoisotopic (exact) mass is 299 g/mol. The van der Waals surface area contributed by atoms with Crippen molar-refractivity contribution in [1.29, 1.82) is 0 Å². The largest absolute Gasteiger partial charge is 0.480 e. The summed E-state index contributed by atoms with van der Waals surface area (Å²) in [5.41, 5.74) is 1.15. The predicted molar refractivity (Wildman–Crippen MR) is 80.0 cm³/mol. The van der Waals surface area contributed by atoms with Crippen molar-refractivity contribution in [2.45, 2.75) is 31.7 Å². The van der Waals surface area contributed by atoms with Crippen molar-refractivity contribution in [3.8, 4) is 5.69 Å². The van der Waals surface area contributed by atoms with Crippen molar-refractivity contribution < 1.29 is 14.7 Å². The summed E-state index contributed by atoms with van der Waals surface area (Å²) in [6.45, 7) is 1.89. The van der Waals surface area contributed by atoms with Crippen LogP contribution in [0.1, 0.15) is 35.2 Å². The molecular weight excluding hydrogens is 282 g/mol. The molecule has 114 valence electrons. The van der Waals surface area contributed by atoms with Crippen LogP contribution in [-0.4, -0.2) is 32.3 Å². The fourth-order valence-electron chi connectivity index (χ4n) is 2.68. The molecule has 2 aromatic rings. The van der Waals surface area contributed by atoms with Crippen molar-refractivity contribution in [2.24, 2.45) is 0 Å². The van der Waals surface area contributed by atoms with Crippen molar-refractivity contribution in [1.82, 2.24) is 15.1 Å². The smallest absolute Gasteiger partial charge is 0.329 e. The summed E-state index contributed by atoms with van der Waals surface area (Å²) in [5.74, 6) is -1.31. The van der Waals surface area contributed by atoms with Gasteiger partial charge in [0.05, 0.1) is 5.69 Å². The zero-order chi connectivity index (χ0) is 15.7. The van der Waals surface area contributed by atoms with Crippen LogP contribution in [0.5, 0.6) is 0 Å². The standard InChI is InChI=1S/C16H17N3O3/c1-11-10-12(4-5-13(11)19-9-3-8-17-19)14(20)18-16(15(21)22)6-2-7-16/h3-5,8-10H,2,6-7H2,1H3,(H,18,20)(H,21,22). The van der Waals surface area contributed by atoms with Crippen LogP contribution in [0.2, 0.25) is 0 Å². The highest BCUT2D eigenvalue weighted by Gasteiger charge is 2.45. The van der Waals surface area contributed by atoms with Crippen LogP contribution in [-0.2, 0) is 4.79 Å². The number of amides is 1. The number of rotatable bonds is 4. The Morgan fingerprint density at radius 2 is 2.14 bits per heavy atom. The van der Waals surface area contributed by atoms with Crippen LogP contribution in [0.25, 0.3) is 5.69 Å². The summed E-state index contributed by atoms with van der Waals surface area (Å²) in [7, 11) is 0. The van der Waals surface area contributed by atoms with E-state index < -0.39 is 11.5 Å². The molecule has 0 unspecified atom stereocenters. The molecule has 1 aliphatic carbocycles. The molecule has 0 aliphatic heterocycles. The molecule has 22 heavy (non-hydrogen) atoms. The Kier molecular flexibility index (Phi) is 3.44. The van der Waals surface area contributed by atoms with Crippen LogP contribution in [0.3, 0.4) is 0 Å². The lowest BCUT2D eigenvalue weighted by atomic mass is 9.76. The first-order valence-electron chi connectivity index (χ1n) is 7.18. The summed E-state index contributed by atoms with van der Waals surface area (Å²) in [4.78, 5) is 23.6. The van der Waals surface area contributed by atoms with Crippen LogP contribution < -0.4 is 5.32 Å². The summed E-state index contributed by atoms with van der Waals surface area (Å²) in [6, 6.07) is 7.08. The molecule has 0 atom stereocenters. The molecule has 0 radical (unpaired) electrons. The number of aryl methyl sites for hydroxylation is 1. The number of nitrogens with zero attached hydrogens (tertiary/aromatic N) is 2. The van der Waals surface area contributed by atoms with Gasteiger partial charge < -0.3 is 10.4 Å². The number of benzene rings is 1.